The second-order valence-corrected chi connectivity index (χ2v) is 4.75. The minimum atomic E-state index is -0.280. The number of rotatable bonds is 0. The summed E-state index contributed by atoms with van der Waals surface area (Å²) in [5, 5.41) is 9.69. The maximum absolute atomic E-state index is 9.69. The Balaban J connectivity index is 2.40. The molecule has 3 atom stereocenters. The smallest absolute Gasteiger partial charge is 0.0727 e. The summed E-state index contributed by atoms with van der Waals surface area (Å²) in [4.78, 5) is 0. The normalized spacial score (nSPS) is 53.5. The largest absolute Gasteiger partial charge is 0.391 e. The monoisotopic (exact) mass is 155 g/mol. The molecule has 64 valence electrons. The van der Waals surface area contributed by atoms with Gasteiger partial charge in [-0.1, -0.05) is 13.8 Å². The summed E-state index contributed by atoms with van der Waals surface area (Å²) in [6, 6.07) is 0. The van der Waals surface area contributed by atoms with Crippen molar-refractivity contribution in [2.45, 2.75) is 44.8 Å². The van der Waals surface area contributed by atoms with E-state index in [1.165, 1.54) is 6.42 Å². The third-order valence-electron chi connectivity index (χ3n) is 4.23. The first-order valence-electron chi connectivity index (χ1n) is 4.45. The van der Waals surface area contributed by atoms with E-state index < -0.39 is 0 Å². The van der Waals surface area contributed by atoms with Gasteiger partial charge < -0.3 is 10.8 Å². The number of nitrogens with two attached hydrogens (primary N) is 1. The Morgan fingerprint density at radius 2 is 2.09 bits per heavy atom. The van der Waals surface area contributed by atoms with Crippen LogP contribution in [0.15, 0.2) is 0 Å². The Kier molecular flexibility index (Phi) is 1.24. The predicted octanol–water partition coefficient (Wildman–Crippen LogP) is 0.885. The first-order valence-corrected chi connectivity index (χ1v) is 4.45. The van der Waals surface area contributed by atoms with Crippen molar-refractivity contribution in [2.75, 3.05) is 0 Å². The number of hydrogen-bond acceptors (Lipinski definition) is 2. The van der Waals surface area contributed by atoms with Gasteiger partial charge in [0.25, 0.3) is 0 Å². The highest BCUT2D eigenvalue weighted by molar-refractivity contribution is 5.16. The molecule has 11 heavy (non-hydrogen) atoms. The average Bonchev–Trinajstić information content (AvgIpc) is 2.20. The van der Waals surface area contributed by atoms with Gasteiger partial charge >= 0.3 is 0 Å². The Labute approximate surface area is 67.8 Å². The van der Waals surface area contributed by atoms with E-state index in [2.05, 4.69) is 13.8 Å². The molecule has 0 amide bonds. The summed E-state index contributed by atoms with van der Waals surface area (Å²) >= 11 is 0. The van der Waals surface area contributed by atoms with E-state index in [-0.39, 0.29) is 17.1 Å². The summed E-state index contributed by atoms with van der Waals surface area (Å²) in [7, 11) is 0. The van der Waals surface area contributed by atoms with Crippen molar-refractivity contribution in [1.29, 1.82) is 0 Å². The van der Waals surface area contributed by atoms with Crippen LogP contribution in [0.5, 0.6) is 0 Å². The molecule has 2 rings (SSSR count). The van der Waals surface area contributed by atoms with Gasteiger partial charge in [0.1, 0.15) is 0 Å². The van der Waals surface area contributed by atoms with Crippen LogP contribution in [0.2, 0.25) is 0 Å². The molecule has 0 heterocycles. The molecule has 0 aromatic heterocycles. The van der Waals surface area contributed by atoms with E-state index >= 15 is 0 Å². The average molecular weight is 155 g/mol. The van der Waals surface area contributed by atoms with E-state index in [0.717, 1.165) is 12.8 Å². The van der Waals surface area contributed by atoms with Gasteiger partial charge in [0.2, 0.25) is 0 Å². The third kappa shape index (κ3) is 0.651. The molecule has 2 fully saturated rings. The van der Waals surface area contributed by atoms with E-state index in [1.54, 1.807) is 0 Å². The van der Waals surface area contributed by atoms with E-state index in [4.69, 9.17) is 5.73 Å². The zero-order valence-electron chi connectivity index (χ0n) is 7.30. The first-order chi connectivity index (χ1) is 4.98. The van der Waals surface area contributed by atoms with Gasteiger partial charge in [-0.15, -0.1) is 0 Å². The highest BCUT2D eigenvalue weighted by Crippen LogP contribution is 2.58. The molecule has 0 spiro atoms. The lowest BCUT2D eigenvalue weighted by molar-refractivity contribution is 0.0670. The van der Waals surface area contributed by atoms with Crippen LogP contribution in [0.4, 0.5) is 0 Å². The molecule has 2 aliphatic carbocycles. The van der Waals surface area contributed by atoms with E-state index in [1.807, 2.05) is 0 Å². The number of aliphatic hydroxyl groups excluding tert-OH is 1. The minimum Gasteiger partial charge on any atom is -0.391 e. The Hall–Kier alpha value is -0.0800. The van der Waals surface area contributed by atoms with Crippen LogP contribution in [-0.4, -0.2) is 16.7 Å². The van der Waals surface area contributed by atoms with E-state index in [9.17, 15) is 5.11 Å². The number of hydrogen-bond donors (Lipinski definition) is 2. The predicted molar refractivity (Wildman–Crippen MR) is 44.0 cm³/mol. The first kappa shape index (κ1) is 7.56. The summed E-state index contributed by atoms with van der Waals surface area (Å²) in [5.74, 6) is 0.655. The fourth-order valence-corrected chi connectivity index (χ4v) is 2.96. The van der Waals surface area contributed by atoms with Crippen molar-refractivity contribution in [3.8, 4) is 0 Å². The van der Waals surface area contributed by atoms with Crippen LogP contribution >= 0.6 is 0 Å². The molecule has 2 aliphatic rings. The lowest BCUT2D eigenvalue weighted by Crippen LogP contribution is -2.54. The van der Waals surface area contributed by atoms with Crippen molar-refractivity contribution in [1.82, 2.24) is 0 Å². The van der Waals surface area contributed by atoms with Gasteiger partial charge in [-0.2, -0.15) is 0 Å². The summed E-state index contributed by atoms with van der Waals surface area (Å²) in [5.41, 5.74) is 6.05. The molecule has 2 heteroatoms. The van der Waals surface area contributed by atoms with Crippen LogP contribution in [0.3, 0.4) is 0 Å². The van der Waals surface area contributed by atoms with E-state index in [0.29, 0.717) is 5.92 Å². The Bertz CT molecular complexity index is 190. The molecule has 3 N–H and O–H groups in total. The zero-order chi connectivity index (χ0) is 8.28. The number of fused-ring (bicyclic) bond motifs is 2. The highest BCUT2D eigenvalue weighted by Gasteiger charge is 2.61. The SMILES string of the molecule is CC1(C)C2CCC1(N)[C@H](O)C2. The molecule has 0 aliphatic heterocycles. The topological polar surface area (TPSA) is 46.2 Å². The second-order valence-electron chi connectivity index (χ2n) is 4.75. The summed E-state index contributed by atoms with van der Waals surface area (Å²) in [6.07, 6.45) is 2.88. The fourth-order valence-electron chi connectivity index (χ4n) is 2.96. The van der Waals surface area contributed by atoms with Crippen molar-refractivity contribution in [3.63, 3.8) is 0 Å². The Morgan fingerprint density at radius 3 is 2.27 bits per heavy atom. The molecule has 2 nitrogen and oxygen atoms in total. The van der Waals surface area contributed by atoms with Gasteiger partial charge in [-0.25, -0.2) is 0 Å². The standard InChI is InChI=1S/C9H17NO/c1-8(2)6-3-4-9(8,10)7(11)5-6/h6-7,11H,3-5,10H2,1-2H3/t6?,7-,9?/m1/s1. The van der Waals surface area contributed by atoms with Gasteiger partial charge in [0.05, 0.1) is 6.10 Å². The van der Waals surface area contributed by atoms with Gasteiger partial charge in [0, 0.05) is 5.54 Å². The van der Waals surface area contributed by atoms with Gasteiger partial charge in [0.15, 0.2) is 0 Å². The van der Waals surface area contributed by atoms with Crippen molar-refractivity contribution >= 4 is 0 Å². The second kappa shape index (κ2) is 1.80. The Morgan fingerprint density at radius 1 is 1.45 bits per heavy atom. The van der Waals surface area contributed by atoms with Crippen LogP contribution in [0.25, 0.3) is 0 Å². The molecule has 0 aromatic carbocycles. The third-order valence-corrected chi connectivity index (χ3v) is 4.23. The number of aliphatic hydroxyl groups is 1. The molecular weight excluding hydrogens is 138 g/mol. The zero-order valence-corrected chi connectivity index (χ0v) is 7.30. The maximum Gasteiger partial charge on any atom is 0.0727 e. The summed E-state index contributed by atoms with van der Waals surface area (Å²) in [6.45, 7) is 4.39. The molecule has 0 saturated heterocycles. The van der Waals surface area contributed by atoms with Gasteiger partial charge in [-0.05, 0) is 30.6 Å². The quantitative estimate of drug-likeness (QED) is 0.545. The lowest BCUT2D eigenvalue weighted by Gasteiger charge is -2.36. The molecular formula is C9H17NO. The lowest BCUT2D eigenvalue weighted by atomic mass is 9.76. The van der Waals surface area contributed by atoms with Crippen LogP contribution in [-0.2, 0) is 0 Å². The minimum absolute atomic E-state index is 0.159. The van der Waals surface area contributed by atoms with Crippen molar-refractivity contribution < 1.29 is 5.11 Å². The molecule has 0 radical (unpaired) electrons. The van der Waals surface area contributed by atoms with Crippen molar-refractivity contribution in [2.24, 2.45) is 17.1 Å². The molecule has 2 saturated carbocycles. The highest BCUT2D eigenvalue weighted by atomic mass is 16.3. The van der Waals surface area contributed by atoms with Crippen LogP contribution in [0, 0.1) is 11.3 Å². The van der Waals surface area contributed by atoms with Crippen LogP contribution < -0.4 is 5.73 Å². The molecule has 0 aromatic rings. The van der Waals surface area contributed by atoms with Crippen LogP contribution in [0.1, 0.15) is 33.1 Å². The van der Waals surface area contributed by atoms with Crippen molar-refractivity contribution in [3.05, 3.63) is 0 Å². The molecule has 2 unspecified atom stereocenters. The fraction of sp³-hybridized carbons (Fsp3) is 1.00. The molecule has 2 bridgehead atoms. The van der Waals surface area contributed by atoms with Gasteiger partial charge in [-0.3, -0.25) is 0 Å². The summed E-state index contributed by atoms with van der Waals surface area (Å²) < 4.78 is 0. The maximum atomic E-state index is 9.69.